The number of amides is 2. The molecule has 12 nitrogen and oxygen atoms in total. The fraction of sp³-hybridized carbons (Fsp3) is 0.278. The Morgan fingerprint density at radius 2 is 1.93 bits per heavy atom. The highest BCUT2D eigenvalue weighted by Crippen LogP contribution is 2.22. The molecule has 2 aromatic rings. The van der Waals surface area contributed by atoms with Gasteiger partial charge in [0.2, 0.25) is 11.6 Å². The van der Waals surface area contributed by atoms with Crippen LogP contribution in [0.25, 0.3) is 10.8 Å². The molecule has 0 bridgehead atoms. The molecule has 0 aliphatic heterocycles. The number of carbonyl (C=O) groups excluding carboxylic acids is 4. The smallest absolute Gasteiger partial charge is 0.374 e. The number of aldehydes is 1. The molecule has 2 rings (SSSR count). The van der Waals surface area contributed by atoms with Crippen LogP contribution in [0.15, 0.2) is 35.1 Å². The maximum absolute atomic E-state index is 12.3. The summed E-state index contributed by atoms with van der Waals surface area (Å²) in [7, 11) is 0. The van der Waals surface area contributed by atoms with E-state index in [9.17, 15) is 29.1 Å². The molecule has 1 aromatic carbocycles. The number of aliphatic hydroxyl groups excluding tert-OH is 1. The summed E-state index contributed by atoms with van der Waals surface area (Å²) >= 11 is 0. The van der Waals surface area contributed by atoms with Crippen molar-refractivity contribution >= 4 is 40.8 Å². The van der Waals surface area contributed by atoms with E-state index in [0.717, 1.165) is 12.3 Å². The van der Waals surface area contributed by atoms with Crippen LogP contribution < -0.4 is 16.5 Å². The molecule has 2 amide bonds. The lowest BCUT2D eigenvalue weighted by atomic mass is 9.98. The van der Waals surface area contributed by atoms with E-state index in [1.54, 1.807) is 11.5 Å². The molecule has 0 saturated carbocycles. The third-order valence-corrected chi connectivity index (χ3v) is 4.14. The van der Waals surface area contributed by atoms with Crippen molar-refractivity contribution in [2.24, 2.45) is 5.73 Å². The first-order valence-corrected chi connectivity index (χ1v) is 8.48. The van der Waals surface area contributed by atoms with Crippen LogP contribution in [0.5, 0.6) is 0 Å². The minimum absolute atomic E-state index is 0.277. The van der Waals surface area contributed by atoms with Crippen LogP contribution in [0.2, 0.25) is 0 Å². The number of hydroxylamine groups is 1. The van der Waals surface area contributed by atoms with Crippen LogP contribution in [0.4, 0.5) is 0 Å². The number of aliphatic hydroxyl groups is 1. The summed E-state index contributed by atoms with van der Waals surface area (Å²) in [5.74, 6) is -6.33. The maximum Gasteiger partial charge on any atom is 0.374 e. The second kappa shape index (κ2) is 9.15. The van der Waals surface area contributed by atoms with Gasteiger partial charge in [0.25, 0.3) is 5.91 Å². The van der Waals surface area contributed by atoms with Crippen LogP contribution >= 0.6 is 0 Å². The number of nitrogens with two attached hydrogens (primary N) is 1. The van der Waals surface area contributed by atoms with E-state index < -0.39 is 47.9 Å². The van der Waals surface area contributed by atoms with Crippen LogP contribution in [-0.4, -0.2) is 52.0 Å². The van der Waals surface area contributed by atoms with Gasteiger partial charge in [0.15, 0.2) is 0 Å². The van der Waals surface area contributed by atoms with E-state index in [1.165, 1.54) is 24.7 Å². The largest absolute Gasteiger partial charge is 0.481 e. The molecule has 160 valence electrons. The van der Waals surface area contributed by atoms with E-state index in [0.29, 0.717) is 11.7 Å². The fourth-order valence-corrected chi connectivity index (χ4v) is 2.60. The summed E-state index contributed by atoms with van der Waals surface area (Å²) in [5.41, 5.74) is 4.98. The van der Waals surface area contributed by atoms with Gasteiger partial charge in [0.05, 0.1) is 18.9 Å². The van der Waals surface area contributed by atoms with Gasteiger partial charge in [-0.3, -0.25) is 20.1 Å². The Morgan fingerprint density at radius 1 is 1.27 bits per heavy atom. The van der Waals surface area contributed by atoms with Gasteiger partial charge < -0.3 is 29.6 Å². The van der Waals surface area contributed by atoms with Gasteiger partial charge in [0, 0.05) is 17.7 Å². The second-order valence-electron chi connectivity index (χ2n) is 6.39. The van der Waals surface area contributed by atoms with Crippen molar-refractivity contribution in [2.75, 3.05) is 0 Å². The zero-order valence-electron chi connectivity index (χ0n) is 15.7. The standard InChI is InChI=1S/C18H19N3O9/c1-9(23)20-18(19,14(24)5-15(25)26)17(28)30-21-16(27)13(6-22)10-2-3-11-7-29-8-12(11)4-10/h2-4,6-8,13-14,24H,5,19H2,1H3,(H,20,23)(H,21,27)(H,25,26)/t13?,14-,18?/m0/s1. The SMILES string of the molecule is CC(=O)NC(N)(C(=O)ONC(=O)C(C=O)c1ccc2cocc2c1)[C@@H](O)CC(=O)O. The molecule has 0 radical (unpaired) electrons. The average Bonchev–Trinajstić information content (AvgIpc) is 3.13. The lowest BCUT2D eigenvalue weighted by Gasteiger charge is -2.31. The molecule has 0 saturated heterocycles. The molecule has 0 spiro atoms. The number of aliphatic carboxylic acids is 1. The van der Waals surface area contributed by atoms with Gasteiger partial charge in [-0.25, -0.2) is 4.79 Å². The molecular formula is C18H19N3O9. The van der Waals surface area contributed by atoms with E-state index in [2.05, 4.69) is 4.84 Å². The molecule has 0 fully saturated rings. The number of nitrogens with one attached hydrogen (secondary N) is 2. The molecule has 0 aliphatic rings. The first-order chi connectivity index (χ1) is 14.1. The van der Waals surface area contributed by atoms with Crippen LogP contribution in [0.1, 0.15) is 24.8 Å². The highest BCUT2D eigenvalue weighted by molar-refractivity contribution is 5.99. The quantitative estimate of drug-likeness (QED) is 0.151. The molecule has 0 aliphatic carbocycles. The number of furan rings is 1. The Hall–Kier alpha value is -3.77. The minimum atomic E-state index is -2.66. The van der Waals surface area contributed by atoms with E-state index >= 15 is 0 Å². The summed E-state index contributed by atoms with van der Waals surface area (Å²) in [4.78, 5) is 62.7. The van der Waals surface area contributed by atoms with E-state index in [4.69, 9.17) is 15.3 Å². The van der Waals surface area contributed by atoms with Crippen molar-refractivity contribution < 1.29 is 43.4 Å². The topological polar surface area (TPSA) is 198 Å². The molecule has 2 unspecified atom stereocenters. The highest BCUT2D eigenvalue weighted by Gasteiger charge is 2.46. The Kier molecular flexibility index (Phi) is 6.87. The third-order valence-electron chi connectivity index (χ3n) is 4.14. The predicted octanol–water partition coefficient (Wildman–Crippen LogP) is -1.08. The Morgan fingerprint density at radius 3 is 2.53 bits per heavy atom. The highest BCUT2D eigenvalue weighted by atomic mass is 16.7. The first kappa shape index (κ1) is 22.5. The summed E-state index contributed by atoms with van der Waals surface area (Å²) in [5, 5.41) is 22.0. The lowest BCUT2D eigenvalue weighted by Crippen LogP contribution is -2.69. The van der Waals surface area contributed by atoms with E-state index in [1.807, 2.05) is 5.32 Å². The maximum atomic E-state index is 12.3. The zero-order valence-corrected chi connectivity index (χ0v) is 15.7. The predicted molar refractivity (Wildman–Crippen MR) is 98.2 cm³/mol. The molecule has 6 N–H and O–H groups in total. The van der Waals surface area contributed by atoms with Crippen LogP contribution in [-0.2, 0) is 28.8 Å². The number of hydrogen-bond acceptors (Lipinski definition) is 9. The van der Waals surface area contributed by atoms with Gasteiger partial charge in [-0.2, -0.15) is 5.48 Å². The number of carboxylic acid groups (broad SMARTS) is 1. The lowest BCUT2D eigenvalue weighted by molar-refractivity contribution is -0.172. The Balaban J connectivity index is 2.13. The van der Waals surface area contributed by atoms with Crippen molar-refractivity contribution in [1.29, 1.82) is 0 Å². The van der Waals surface area contributed by atoms with Gasteiger partial charge in [0.1, 0.15) is 18.3 Å². The number of fused-ring (bicyclic) bond motifs is 1. The fourth-order valence-electron chi connectivity index (χ4n) is 2.60. The molecule has 12 heteroatoms. The Labute approximate surface area is 168 Å². The summed E-state index contributed by atoms with van der Waals surface area (Å²) in [6.45, 7) is 0.968. The Bertz CT molecular complexity index is 986. The van der Waals surface area contributed by atoms with Crippen molar-refractivity contribution in [3.8, 4) is 0 Å². The zero-order chi connectivity index (χ0) is 22.5. The second-order valence-corrected chi connectivity index (χ2v) is 6.39. The summed E-state index contributed by atoms with van der Waals surface area (Å²) < 4.78 is 5.02. The first-order valence-electron chi connectivity index (χ1n) is 8.48. The van der Waals surface area contributed by atoms with E-state index in [-0.39, 0.29) is 5.56 Å². The van der Waals surface area contributed by atoms with Gasteiger partial charge >= 0.3 is 11.9 Å². The van der Waals surface area contributed by atoms with Gasteiger partial charge in [-0.15, -0.1) is 0 Å². The molecule has 1 heterocycles. The number of rotatable bonds is 8. The monoisotopic (exact) mass is 421 g/mol. The number of carboxylic acids is 1. The average molecular weight is 421 g/mol. The molecule has 3 atom stereocenters. The molecular weight excluding hydrogens is 402 g/mol. The van der Waals surface area contributed by atoms with Crippen molar-refractivity contribution in [3.05, 3.63) is 36.3 Å². The normalized spacial score (nSPS) is 14.8. The van der Waals surface area contributed by atoms with Crippen molar-refractivity contribution in [1.82, 2.24) is 10.8 Å². The molecule has 30 heavy (non-hydrogen) atoms. The van der Waals surface area contributed by atoms with Gasteiger partial charge in [-0.05, 0) is 11.6 Å². The minimum Gasteiger partial charge on any atom is -0.481 e. The third kappa shape index (κ3) is 4.98. The van der Waals surface area contributed by atoms with Crippen molar-refractivity contribution in [2.45, 2.75) is 31.0 Å². The van der Waals surface area contributed by atoms with Crippen LogP contribution in [0, 0.1) is 0 Å². The van der Waals surface area contributed by atoms with Crippen molar-refractivity contribution in [3.63, 3.8) is 0 Å². The number of benzene rings is 1. The number of hydrogen-bond donors (Lipinski definition) is 5. The number of carbonyl (C=O) groups is 5. The summed E-state index contributed by atoms with van der Waals surface area (Å²) in [6.07, 6.45) is 0.129. The van der Waals surface area contributed by atoms with Gasteiger partial charge in [-0.1, -0.05) is 12.1 Å². The molecule has 1 aromatic heterocycles. The van der Waals surface area contributed by atoms with Crippen LogP contribution in [0.3, 0.4) is 0 Å². The summed E-state index contributed by atoms with van der Waals surface area (Å²) in [6, 6.07) is 4.65.